The van der Waals surface area contributed by atoms with Crippen LogP contribution >= 0.6 is 15.6 Å². The lowest BCUT2D eigenvalue weighted by Gasteiger charge is -2.21. The maximum atomic E-state index is 13.4. The minimum atomic E-state index is -5.86. The average Bonchev–Trinajstić information content (AvgIpc) is 0.756. The van der Waals surface area contributed by atoms with Gasteiger partial charge >= 0.3 is 39.5 Å². The summed E-state index contributed by atoms with van der Waals surface area (Å²) in [5.74, 6) is -2.82. The van der Waals surface area contributed by atoms with E-state index in [1.54, 1.807) is 0 Å². The Labute approximate surface area is 627 Å². The van der Waals surface area contributed by atoms with E-state index in [1.165, 1.54) is 77.0 Å². The van der Waals surface area contributed by atoms with E-state index >= 15 is 0 Å². The van der Waals surface area contributed by atoms with Crippen molar-refractivity contribution in [3.8, 4) is 0 Å². The minimum Gasteiger partial charge on any atom is -0.462 e. The average molecular weight is 1490 g/mol. The van der Waals surface area contributed by atoms with E-state index in [0.717, 1.165) is 167 Å². The zero-order valence-corrected chi connectivity index (χ0v) is 65.8. The van der Waals surface area contributed by atoms with Gasteiger partial charge in [-0.05, 0) is 154 Å². The lowest BCUT2D eigenvalue weighted by atomic mass is 10.1. The molecule has 0 spiro atoms. The van der Waals surface area contributed by atoms with Crippen molar-refractivity contribution in [2.24, 2.45) is 0 Å². The van der Waals surface area contributed by atoms with Crippen LogP contribution in [0.25, 0.3) is 0 Å². The van der Waals surface area contributed by atoms with Crippen LogP contribution in [0.1, 0.15) is 343 Å². The Morgan fingerprint density at radius 2 is 0.539 bits per heavy atom. The van der Waals surface area contributed by atoms with Gasteiger partial charge in [0.25, 0.3) is 0 Å². The van der Waals surface area contributed by atoms with Gasteiger partial charge in [0.1, 0.15) is 19.3 Å². The van der Waals surface area contributed by atoms with E-state index in [0.29, 0.717) is 38.5 Å². The van der Waals surface area contributed by atoms with Crippen LogP contribution in [-0.4, -0.2) is 96.6 Å². The number of phosphoric ester groups is 2. The smallest absolute Gasteiger partial charge is 0.462 e. The number of hydrogen-bond donors (Lipinski definition) is 5. The Kier molecular flexibility index (Phi) is 70.4. The zero-order chi connectivity index (χ0) is 77.7. The Hall–Kier alpha value is -4.10. The molecular weight excluding hydrogens is 1330 g/mol. The van der Waals surface area contributed by atoms with Crippen LogP contribution in [0.2, 0.25) is 0 Å². The normalized spacial score (nSPS) is 15.5. The summed E-state index contributed by atoms with van der Waals surface area (Å²) < 4.78 is 109. The van der Waals surface area contributed by atoms with Gasteiger partial charge in [-0.1, -0.05) is 253 Å². The fourth-order valence-corrected chi connectivity index (χ4v) is 11.4. The van der Waals surface area contributed by atoms with Gasteiger partial charge in [0.2, 0.25) is 0 Å². The van der Waals surface area contributed by atoms with E-state index in [9.17, 15) is 43.2 Å². The lowest BCUT2D eigenvalue weighted by Crippen LogP contribution is -2.30. The number of aliphatic hydroxyl groups is 1. The van der Waals surface area contributed by atoms with Crippen LogP contribution in [0.3, 0.4) is 0 Å². The molecule has 21 heteroatoms. The van der Waals surface area contributed by atoms with Crippen LogP contribution in [0.5, 0.6) is 0 Å². The summed E-state index contributed by atoms with van der Waals surface area (Å²) in [6.45, 7) is -3.28. The van der Waals surface area contributed by atoms with E-state index < -0.39 is 97.4 Å². The molecule has 19 nitrogen and oxygen atoms in total. The van der Waals surface area contributed by atoms with Gasteiger partial charge in [-0.15, -0.1) is 0 Å². The molecule has 0 saturated heterocycles. The first kappa shape index (κ1) is 92.1. The van der Waals surface area contributed by atoms with Crippen LogP contribution in [-0.2, 0) is 65.4 Å². The molecule has 0 rings (SSSR count). The Bertz CT molecular complexity index is 2370. The topological polar surface area (TPSA) is 307 Å². The third-order valence-corrected chi connectivity index (χ3v) is 17.7. The first-order valence-corrected chi connectivity index (χ1v) is 42.0. The van der Waals surface area contributed by atoms with Gasteiger partial charge < -0.3 is 46.1 Å². The second-order valence-corrected chi connectivity index (χ2v) is 28.5. The maximum absolute atomic E-state index is 13.4. The molecule has 9 N–H and O–H groups in total. The fourth-order valence-electron chi connectivity index (χ4n) is 10.2. The molecule has 0 aromatic heterocycles. The largest absolute Gasteiger partial charge is 0.472 e. The van der Waals surface area contributed by atoms with E-state index in [4.69, 9.17) is 34.8 Å². The Morgan fingerprint density at radius 1 is 0.324 bits per heavy atom. The van der Waals surface area contributed by atoms with Gasteiger partial charge in [0, 0.05) is 25.7 Å². The maximum Gasteiger partial charge on any atom is 0.472 e. The molecule has 0 amide bonds. The number of carbonyl (C=O) groups is 4. The van der Waals surface area contributed by atoms with Crippen molar-refractivity contribution >= 4 is 39.5 Å². The molecule has 4 atom stereocenters. The van der Waals surface area contributed by atoms with E-state index in [-0.39, 0.29) is 38.0 Å². The summed E-state index contributed by atoms with van der Waals surface area (Å²) in [5, 5.41) is 11.1. The van der Waals surface area contributed by atoms with Crippen molar-refractivity contribution in [1.29, 1.82) is 0 Å². The molecule has 0 radical (unpaired) electrons. The number of ether oxygens (including phenoxy) is 4. The summed E-state index contributed by atoms with van der Waals surface area (Å²) in [6, 6.07) is 0. The third-order valence-electron chi connectivity index (χ3n) is 16.1. The summed E-state index contributed by atoms with van der Waals surface area (Å²) in [6.07, 6.45) is 69.8. The molecule has 0 aliphatic rings. The molecule has 0 heterocycles. The summed E-state index contributed by atoms with van der Waals surface area (Å²) in [4.78, 5) is 73.6. The van der Waals surface area contributed by atoms with Crippen LogP contribution in [0.15, 0.2) is 97.2 Å². The molecule has 594 valence electrons. The van der Waals surface area contributed by atoms with Crippen LogP contribution in [0, 0.1) is 0 Å². The van der Waals surface area contributed by atoms with Crippen molar-refractivity contribution in [3.05, 3.63) is 97.2 Å². The molecule has 2 unspecified atom stereocenters. The van der Waals surface area contributed by atoms with Crippen molar-refractivity contribution in [1.82, 2.24) is 12.3 Å². The monoisotopic (exact) mass is 1490 g/mol. The predicted octanol–water partition coefficient (Wildman–Crippen LogP) is 23.1. The third kappa shape index (κ3) is 77.0. The predicted molar refractivity (Wildman–Crippen MR) is 419 cm³/mol. The van der Waals surface area contributed by atoms with Crippen LogP contribution < -0.4 is 12.3 Å². The molecule has 0 saturated carbocycles. The van der Waals surface area contributed by atoms with Crippen molar-refractivity contribution < 1.29 is 87.1 Å². The van der Waals surface area contributed by atoms with Gasteiger partial charge in [0.05, 0.1) is 33.2 Å². The molecule has 0 aromatic rings. The summed E-state index contributed by atoms with van der Waals surface area (Å²) in [5.41, 5.74) is 0. The second kappa shape index (κ2) is 78.0. The van der Waals surface area contributed by atoms with E-state index in [2.05, 4.69) is 134 Å². The molecule has 0 aromatic carbocycles. The SMILES string of the molecule is N.N.[2H]C([2H])(OP(=O)(O)OC[C@@H](COC(=O)CCCCCCC/C=C\C/C=C\CCCCC)OC(=O)CCCCCCC/C=C\C/C=C\CCCCC)C([2H])(O)C([2H])([2H])OP(=O)(O)OC[C@@H](COC(=O)CCCCCCC/C=C\C/C=C\CCCCC)OC(=O)CCCCCCC/C=C\C/C=C\CCCCC. The molecule has 0 aliphatic carbocycles. The number of unbranched alkanes of at least 4 members (excludes halogenated alkanes) is 32. The number of esters is 4. The van der Waals surface area contributed by atoms with Gasteiger partial charge in [-0.2, -0.15) is 0 Å². The summed E-state index contributed by atoms with van der Waals surface area (Å²) in [7, 11) is -11.7. The molecular formula is C81H148N2O17P2. The fraction of sp³-hybridized carbons (Fsp3) is 0.753. The molecule has 0 aliphatic heterocycles. The second-order valence-electron chi connectivity index (χ2n) is 25.8. The van der Waals surface area contributed by atoms with Gasteiger partial charge in [-0.3, -0.25) is 37.3 Å². The van der Waals surface area contributed by atoms with E-state index in [1.807, 2.05) is 0 Å². The minimum absolute atomic E-state index is 0. The first-order valence-electron chi connectivity index (χ1n) is 41.5. The number of allylic oxidation sites excluding steroid dienone is 16. The highest BCUT2D eigenvalue weighted by Gasteiger charge is 2.30. The number of carbonyl (C=O) groups excluding carboxylic acids is 4. The zero-order valence-electron chi connectivity index (χ0n) is 69.0. The summed E-state index contributed by atoms with van der Waals surface area (Å²) >= 11 is 0. The first-order chi connectivity index (χ1) is 50.5. The highest BCUT2D eigenvalue weighted by atomic mass is 31.2. The van der Waals surface area contributed by atoms with Crippen molar-refractivity contribution in [3.63, 3.8) is 0 Å². The lowest BCUT2D eigenvalue weighted by molar-refractivity contribution is -0.161. The number of phosphoric acid groups is 2. The molecule has 0 bridgehead atoms. The molecule has 0 fully saturated rings. The number of hydrogen-bond acceptors (Lipinski definition) is 17. The van der Waals surface area contributed by atoms with Crippen molar-refractivity contribution in [2.75, 3.05) is 39.5 Å². The van der Waals surface area contributed by atoms with Crippen LogP contribution in [0.4, 0.5) is 0 Å². The van der Waals surface area contributed by atoms with Gasteiger partial charge in [-0.25, -0.2) is 9.13 Å². The highest BCUT2D eigenvalue weighted by molar-refractivity contribution is 7.47. The quantitative estimate of drug-likeness (QED) is 0.0124. The molecule has 102 heavy (non-hydrogen) atoms. The standard InChI is InChI=1S/C81H142O17P2.2H3N/c1-5-9-13-17-21-25-29-33-37-41-45-49-53-57-61-65-78(83)91-71-76(97-80(85)67-63-59-55-51-47-43-39-35-31-27-23-19-15-11-7-3)73-95-99(87,88)93-69-75(82)70-94-100(89,90)96-74-77(98-81(86)68-64-60-56-52-48-44-40-36-32-28-24-20-16-12-8-4)72-92-79(84)66-62-58-54-50-46-42-38-34-30-26-22-18-14-10-6-2;;/h21-28,33-40,75-77,82H,5-20,29-32,41-74H2,1-4H3,(H,87,88)(H,89,90);2*1H3/b25-21-,26-22-,27-23-,28-24-,37-33-,38-34-,39-35-,40-36-;;/t76-,77-;;/m1../s1/i69D2,70D2,75D;;. The van der Waals surface area contributed by atoms with Gasteiger partial charge in [0.15, 0.2) is 12.2 Å². The number of rotatable bonds is 74. The Balaban J connectivity index is -0.0000541. The van der Waals surface area contributed by atoms with Crippen molar-refractivity contribution in [2.45, 2.75) is 354 Å². The highest BCUT2D eigenvalue weighted by Crippen LogP contribution is 2.45. The Morgan fingerprint density at radius 3 is 0.784 bits per heavy atom.